The molecule has 16 heteroatoms. The van der Waals surface area contributed by atoms with E-state index in [1.807, 2.05) is 0 Å². The Morgan fingerprint density at radius 2 is 1.60 bits per heavy atom. The molecule has 0 radical (unpaired) electrons. The lowest BCUT2D eigenvalue weighted by Crippen LogP contribution is -2.55. The predicted molar refractivity (Wildman–Crippen MR) is 163 cm³/mol. The first-order valence-corrected chi connectivity index (χ1v) is 15.0. The number of guanidine groups is 1. The zero-order valence-corrected chi connectivity index (χ0v) is 25.2. The van der Waals surface area contributed by atoms with Gasteiger partial charge >= 0.3 is 5.97 Å². The number of rotatable bonds is 15. The Morgan fingerprint density at radius 1 is 0.933 bits per heavy atom. The monoisotopic (exact) mass is 629 g/mol. The van der Waals surface area contributed by atoms with Gasteiger partial charge in [-0.25, -0.2) is 4.79 Å². The smallest absolute Gasteiger partial charge is 0.326 e. The predicted octanol–water partition coefficient (Wildman–Crippen LogP) is -2.61. The van der Waals surface area contributed by atoms with Gasteiger partial charge < -0.3 is 48.1 Å². The summed E-state index contributed by atoms with van der Waals surface area (Å²) in [6, 6.07) is 5.18. The van der Waals surface area contributed by atoms with E-state index in [4.69, 9.17) is 17.2 Å². The lowest BCUT2D eigenvalue weighted by atomic mass is 10.1. The highest BCUT2D eigenvalue weighted by molar-refractivity contribution is 5.95. The topological polar surface area (TPSA) is 256 Å². The number of carboxylic acid groups (broad SMARTS) is 1. The second kappa shape index (κ2) is 16.9. The van der Waals surface area contributed by atoms with Gasteiger partial charge in [0.05, 0.1) is 19.1 Å². The second-order valence-corrected chi connectivity index (χ2v) is 11.1. The number of aliphatic imine (C=N–C) groups is 1. The third-order valence-electron chi connectivity index (χ3n) is 7.75. The molecule has 3 rings (SSSR count). The van der Waals surface area contributed by atoms with Gasteiger partial charge in [0.1, 0.15) is 18.1 Å². The summed E-state index contributed by atoms with van der Waals surface area (Å²) in [5.74, 6) is -3.79. The molecule has 246 valence electrons. The first-order chi connectivity index (χ1) is 21.5. The van der Waals surface area contributed by atoms with Crippen LogP contribution in [0.2, 0.25) is 0 Å². The van der Waals surface area contributed by atoms with Gasteiger partial charge in [0.15, 0.2) is 5.96 Å². The van der Waals surface area contributed by atoms with Gasteiger partial charge in [-0.05, 0) is 44.1 Å². The Labute approximate surface area is 261 Å². The molecule has 2 fully saturated rings. The molecule has 0 bridgehead atoms. The standard InChI is InChI=1S/C29H43N9O7/c30-19(9-4-12-33-29(31)32)25(41)35-17-24(40)37-13-6-11-22(37)27(43)38-14-5-10-21(38)26(42)34-16-23(39)36-20(28(44)45)15-18-7-2-1-3-8-18/h1-3,7-8,19-22H,4-6,9-17,30H2,(H,34,42)(H,35,41)(H,36,39)(H,44,45)(H4,31,32,33). The summed E-state index contributed by atoms with van der Waals surface area (Å²) in [5.41, 5.74) is 17.2. The number of carboxylic acids is 1. The van der Waals surface area contributed by atoms with Crippen molar-refractivity contribution in [3.05, 3.63) is 35.9 Å². The normalized spacial score (nSPS) is 18.9. The van der Waals surface area contributed by atoms with Crippen LogP contribution in [0.25, 0.3) is 0 Å². The van der Waals surface area contributed by atoms with Gasteiger partial charge in [-0.2, -0.15) is 0 Å². The summed E-state index contributed by atoms with van der Waals surface area (Å²) < 4.78 is 0. The third-order valence-corrected chi connectivity index (χ3v) is 7.75. The van der Waals surface area contributed by atoms with Crippen LogP contribution in [0.1, 0.15) is 44.1 Å². The zero-order valence-electron chi connectivity index (χ0n) is 25.2. The van der Waals surface area contributed by atoms with Gasteiger partial charge in [0, 0.05) is 26.1 Å². The SMILES string of the molecule is NC(N)=NCCCC(N)C(=O)NCC(=O)N1CCCC1C(=O)N1CCCC1C(=O)NCC(=O)NC(Cc1ccccc1)C(=O)O. The van der Waals surface area contributed by atoms with Gasteiger partial charge in [-0.3, -0.25) is 29.0 Å². The van der Waals surface area contributed by atoms with E-state index in [0.717, 1.165) is 5.56 Å². The van der Waals surface area contributed by atoms with Crippen LogP contribution in [-0.4, -0.2) is 113 Å². The van der Waals surface area contributed by atoms with Crippen LogP contribution in [0, 0.1) is 0 Å². The van der Waals surface area contributed by atoms with Gasteiger partial charge in [-0.1, -0.05) is 30.3 Å². The van der Waals surface area contributed by atoms with Gasteiger partial charge in [0.25, 0.3) is 0 Å². The lowest BCUT2D eigenvalue weighted by molar-refractivity contribution is -0.146. The third kappa shape index (κ3) is 10.4. The maximum Gasteiger partial charge on any atom is 0.326 e. The molecule has 10 N–H and O–H groups in total. The highest BCUT2D eigenvalue weighted by atomic mass is 16.4. The number of hydrogen-bond acceptors (Lipinski definition) is 8. The summed E-state index contributed by atoms with van der Waals surface area (Å²) in [7, 11) is 0. The van der Waals surface area contributed by atoms with E-state index in [1.165, 1.54) is 9.80 Å². The van der Waals surface area contributed by atoms with Gasteiger partial charge in [-0.15, -0.1) is 0 Å². The van der Waals surface area contributed by atoms with Crippen LogP contribution in [0.5, 0.6) is 0 Å². The number of carbonyl (C=O) groups excluding carboxylic acids is 5. The molecule has 4 atom stereocenters. The van der Waals surface area contributed by atoms with E-state index in [1.54, 1.807) is 30.3 Å². The van der Waals surface area contributed by atoms with Crippen molar-refractivity contribution < 1.29 is 33.9 Å². The molecule has 2 aliphatic rings. The Kier molecular flexibility index (Phi) is 13.1. The number of amides is 5. The fourth-order valence-corrected chi connectivity index (χ4v) is 5.44. The van der Waals surface area contributed by atoms with E-state index in [9.17, 15) is 33.9 Å². The first-order valence-electron chi connectivity index (χ1n) is 15.0. The van der Waals surface area contributed by atoms with E-state index in [-0.39, 0.29) is 24.8 Å². The fraction of sp³-hybridized carbons (Fsp3) is 0.552. The molecular weight excluding hydrogens is 586 g/mol. The minimum absolute atomic E-state index is 0.0533. The Balaban J connectivity index is 1.48. The van der Waals surface area contributed by atoms with Crippen LogP contribution in [0.3, 0.4) is 0 Å². The molecule has 2 aliphatic heterocycles. The summed E-state index contributed by atoms with van der Waals surface area (Å²) in [6.07, 6.45) is 2.81. The highest BCUT2D eigenvalue weighted by Gasteiger charge is 2.42. The van der Waals surface area contributed by atoms with Crippen LogP contribution in [0.4, 0.5) is 0 Å². The molecule has 1 aromatic rings. The van der Waals surface area contributed by atoms with E-state index in [2.05, 4.69) is 20.9 Å². The second-order valence-electron chi connectivity index (χ2n) is 11.1. The summed E-state index contributed by atoms with van der Waals surface area (Å²) in [5, 5.41) is 17.0. The maximum atomic E-state index is 13.5. The number of likely N-dealkylation sites (tertiary alicyclic amines) is 2. The van der Waals surface area contributed by atoms with Crippen LogP contribution in [-0.2, 0) is 35.2 Å². The Hall–Kier alpha value is -4.73. The van der Waals surface area contributed by atoms with E-state index >= 15 is 0 Å². The average Bonchev–Trinajstić information content (AvgIpc) is 3.71. The number of aliphatic carboxylic acids is 1. The van der Waals surface area contributed by atoms with Crippen molar-refractivity contribution in [2.45, 2.75) is 69.1 Å². The van der Waals surface area contributed by atoms with Crippen LogP contribution < -0.4 is 33.2 Å². The van der Waals surface area contributed by atoms with Crippen molar-refractivity contribution in [1.82, 2.24) is 25.8 Å². The molecule has 45 heavy (non-hydrogen) atoms. The molecule has 0 aromatic heterocycles. The number of nitrogens with two attached hydrogens (primary N) is 3. The minimum atomic E-state index is -1.20. The molecule has 4 unspecified atom stereocenters. The Bertz CT molecular complexity index is 1260. The van der Waals surface area contributed by atoms with Crippen LogP contribution in [0.15, 0.2) is 35.3 Å². The van der Waals surface area contributed by atoms with Gasteiger partial charge in [0.2, 0.25) is 29.5 Å². The number of hydrogen-bond donors (Lipinski definition) is 7. The first kappa shape index (κ1) is 34.8. The van der Waals surface area contributed by atoms with E-state index in [0.29, 0.717) is 58.2 Å². The molecule has 0 aliphatic carbocycles. The van der Waals surface area contributed by atoms with Crippen molar-refractivity contribution in [3.8, 4) is 0 Å². The number of carbonyl (C=O) groups is 6. The zero-order chi connectivity index (χ0) is 32.9. The molecule has 0 spiro atoms. The van der Waals surface area contributed by atoms with Crippen molar-refractivity contribution >= 4 is 41.5 Å². The molecule has 2 saturated heterocycles. The molecule has 2 heterocycles. The molecule has 0 saturated carbocycles. The molecule has 16 nitrogen and oxygen atoms in total. The highest BCUT2D eigenvalue weighted by Crippen LogP contribution is 2.25. The van der Waals surface area contributed by atoms with Crippen molar-refractivity contribution in [3.63, 3.8) is 0 Å². The fourth-order valence-electron chi connectivity index (χ4n) is 5.44. The minimum Gasteiger partial charge on any atom is -0.480 e. The number of nitrogens with zero attached hydrogens (tertiary/aromatic N) is 3. The van der Waals surface area contributed by atoms with Crippen LogP contribution >= 0.6 is 0 Å². The number of benzene rings is 1. The summed E-state index contributed by atoms with van der Waals surface area (Å²) in [6.45, 7) is 0.174. The largest absolute Gasteiger partial charge is 0.480 e. The van der Waals surface area contributed by atoms with E-state index < -0.39 is 60.3 Å². The Morgan fingerprint density at radius 3 is 2.27 bits per heavy atom. The summed E-state index contributed by atoms with van der Waals surface area (Å²) in [4.78, 5) is 82.7. The van der Waals surface area contributed by atoms with Crippen molar-refractivity contribution in [1.29, 1.82) is 0 Å². The van der Waals surface area contributed by atoms with Crippen molar-refractivity contribution in [2.75, 3.05) is 32.7 Å². The van der Waals surface area contributed by atoms with Crippen molar-refractivity contribution in [2.24, 2.45) is 22.2 Å². The maximum absolute atomic E-state index is 13.5. The summed E-state index contributed by atoms with van der Waals surface area (Å²) >= 11 is 0. The molecule has 5 amide bonds. The average molecular weight is 630 g/mol. The molecular formula is C29H43N9O7. The number of nitrogens with one attached hydrogen (secondary N) is 3. The lowest BCUT2D eigenvalue weighted by Gasteiger charge is -2.31. The molecule has 1 aromatic carbocycles. The quantitative estimate of drug-likeness (QED) is 0.0604.